The Morgan fingerprint density at radius 2 is 1.49 bits per heavy atom. The molecule has 198 valence electrons. The third kappa shape index (κ3) is 6.74. The molecule has 0 saturated heterocycles. The van der Waals surface area contributed by atoms with Crippen LogP contribution in [0.25, 0.3) is 0 Å². The van der Waals surface area contributed by atoms with E-state index in [1.54, 1.807) is 19.2 Å². The van der Waals surface area contributed by atoms with Gasteiger partial charge in [-0.2, -0.15) is 4.31 Å². The molecule has 0 atom stereocenters. The van der Waals surface area contributed by atoms with Crippen LogP contribution in [-0.2, 0) is 27.9 Å². The molecule has 1 amide bonds. The highest BCUT2D eigenvalue weighted by molar-refractivity contribution is 7.89. The summed E-state index contributed by atoms with van der Waals surface area (Å²) in [7, 11) is 2.17. The second-order valence-corrected chi connectivity index (χ2v) is 10.8. The predicted molar refractivity (Wildman–Crippen MR) is 143 cm³/mol. The maximum Gasteiger partial charge on any atom is 0.243 e. The monoisotopic (exact) mass is 546 g/mol. The van der Waals surface area contributed by atoms with Crippen molar-refractivity contribution in [3.05, 3.63) is 82.4 Å². The van der Waals surface area contributed by atoms with Gasteiger partial charge in [-0.15, -0.1) is 0 Å². The average Bonchev–Trinajstić information content (AvgIpc) is 2.88. The lowest BCUT2D eigenvalue weighted by Crippen LogP contribution is -2.41. The first-order valence-electron chi connectivity index (χ1n) is 11.4. The molecule has 10 heteroatoms. The molecule has 0 spiro atoms. The minimum Gasteiger partial charge on any atom is -0.493 e. The molecule has 0 saturated carbocycles. The highest BCUT2D eigenvalue weighted by atomic mass is 35.5. The number of ether oxygens (including phenoxy) is 3. The highest BCUT2D eigenvalue weighted by Crippen LogP contribution is 2.38. The van der Waals surface area contributed by atoms with E-state index in [-0.39, 0.29) is 30.4 Å². The Morgan fingerprint density at radius 3 is 2.03 bits per heavy atom. The van der Waals surface area contributed by atoms with E-state index in [9.17, 15) is 13.2 Å². The van der Waals surface area contributed by atoms with E-state index in [1.807, 2.05) is 31.2 Å². The number of benzene rings is 3. The van der Waals surface area contributed by atoms with Gasteiger partial charge in [0, 0.05) is 25.2 Å². The lowest BCUT2D eigenvalue weighted by Gasteiger charge is -2.26. The fourth-order valence-corrected chi connectivity index (χ4v) is 5.31. The van der Waals surface area contributed by atoms with E-state index in [0.717, 1.165) is 16.7 Å². The summed E-state index contributed by atoms with van der Waals surface area (Å²) >= 11 is 5.96. The number of halogens is 1. The Hall–Kier alpha value is -3.27. The zero-order valence-electron chi connectivity index (χ0n) is 21.5. The fourth-order valence-electron chi connectivity index (χ4n) is 3.82. The van der Waals surface area contributed by atoms with Crippen LogP contribution < -0.4 is 14.2 Å². The van der Waals surface area contributed by atoms with Gasteiger partial charge in [0.1, 0.15) is 0 Å². The molecule has 3 aromatic carbocycles. The molecule has 0 aliphatic rings. The van der Waals surface area contributed by atoms with E-state index in [4.69, 9.17) is 25.8 Å². The van der Waals surface area contributed by atoms with Crippen molar-refractivity contribution < 1.29 is 27.4 Å². The molecule has 0 heterocycles. The molecule has 3 aromatic rings. The average molecular weight is 547 g/mol. The molecule has 0 aromatic heterocycles. The van der Waals surface area contributed by atoms with Gasteiger partial charge in [0.2, 0.25) is 21.7 Å². The van der Waals surface area contributed by atoms with Crippen LogP contribution in [-0.4, -0.2) is 58.5 Å². The number of sulfonamides is 1. The van der Waals surface area contributed by atoms with Crippen molar-refractivity contribution in [1.29, 1.82) is 0 Å². The number of carbonyl (C=O) groups excluding carboxylic acids is 1. The number of amides is 1. The van der Waals surface area contributed by atoms with Gasteiger partial charge in [-0.3, -0.25) is 4.79 Å². The van der Waals surface area contributed by atoms with E-state index >= 15 is 0 Å². The van der Waals surface area contributed by atoms with Gasteiger partial charge in [0.25, 0.3) is 0 Å². The maximum atomic E-state index is 13.6. The standard InChI is InChI=1S/C27H31ClN2O6S/c1-19-8-6-7-9-21(19)17-30(37(32,33)23-12-10-22(28)11-13-23)18-26(31)29(2)16-20-14-24(34-3)27(36-5)25(15-20)35-4/h6-15H,16-18H2,1-5H3. The van der Waals surface area contributed by atoms with Crippen molar-refractivity contribution in [2.45, 2.75) is 24.9 Å². The van der Waals surface area contributed by atoms with Crippen LogP contribution in [0.5, 0.6) is 17.2 Å². The van der Waals surface area contributed by atoms with Crippen molar-refractivity contribution >= 4 is 27.5 Å². The summed E-state index contributed by atoms with van der Waals surface area (Å²) in [6, 6.07) is 16.9. The van der Waals surface area contributed by atoms with Crippen LogP contribution in [0.15, 0.2) is 65.6 Å². The van der Waals surface area contributed by atoms with Gasteiger partial charge in [-0.05, 0) is 60.0 Å². The summed E-state index contributed by atoms with van der Waals surface area (Å²) in [6.07, 6.45) is 0. The predicted octanol–water partition coefficient (Wildman–Crippen LogP) is 4.52. The summed E-state index contributed by atoms with van der Waals surface area (Å²) in [4.78, 5) is 14.8. The first-order valence-corrected chi connectivity index (χ1v) is 13.3. The number of rotatable bonds is 11. The van der Waals surface area contributed by atoms with Crippen LogP contribution in [0.3, 0.4) is 0 Å². The number of hydrogen-bond acceptors (Lipinski definition) is 6. The number of methoxy groups -OCH3 is 3. The van der Waals surface area contributed by atoms with Crippen LogP contribution >= 0.6 is 11.6 Å². The second-order valence-electron chi connectivity index (χ2n) is 8.44. The normalized spacial score (nSPS) is 11.3. The summed E-state index contributed by atoms with van der Waals surface area (Å²) in [5.74, 6) is 0.995. The smallest absolute Gasteiger partial charge is 0.243 e. The zero-order chi connectivity index (χ0) is 27.2. The van der Waals surface area contributed by atoms with Crippen molar-refractivity contribution in [3.63, 3.8) is 0 Å². The summed E-state index contributed by atoms with van der Waals surface area (Å²) in [5.41, 5.74) is 2.47. The van der Waals surface area contributed by atoms with E-state index in [0.29, 0.717) is 22.3 Å². The van der Waals surface area contributed by atoms with Gasteiger partial charge in [-0.25, -0.2) is 8.42 Å². The van der Waals surface area contributed by atoms with E-state index in [1.165, 1.54) is 54.8 Å². The molecule has 0 fully saturated rings. The lowest BCUT2D eigenvalue weighted by molar-refractivity contribution is -0.130. The second kappa shape index (κ2) is 12.3. The Balaban J connectivity index is 1.88. The van der Waals surface area contributed by atoms with Gasteiger partial charge in [-0.1, -0.05) is 35.9 Å². The summed E-state index contributed by atoms with van der Waals surface area (Å²) in [5, 5.41) is 0.422. The van der Waals surface area contributed by atoms with Crippen molar-refractivity contribution in [2.75, 3.05) is 34.9 Å². The van der Waals surface area contributed by atoms with Gasteiger partial charge in [0.15, 0.2) is 11.5 Å². The molecule has 0 unspecified atom stereocenters. The van der Waals surface area contributed by atoms with Crippen LogP contribution in [0.1, 0.15) is 16.7 Å². The van der Waals surface area contributed by atoms with Gasteiger partial charge >= 0.3 is 0 Å². The Morgan fingerprint density at radius 1 is 0.892 bits per heavy atom. The number of carbonyl (C=O) groups is 1. The quantitative estimate of drug-likeness (QED) is 0.351. The first-order chi connectivity index (χ1) is 17.6. The lowest BCUT2D eigenvalue weighted by atomic mass is 10.1. The Kier molecular flexibility index (Phi) is 9.42. The fraction of sp³-hybridized carbons (Fsp3) is 0.296. The van der Waals surface area contributed by atoms with Crippen molar-refractivity contribution in [3.8, 4) is 17.2 Å². The van der Waals surface area contributed by atoms with Crippen LogP contribution in [0, 0.1) is 6.92 Å². The molecule has 0 aliphatic heterocycles. The molecule has 0 radical (unpaired) electrons. The molecular weight excluding hydrogens is 516 g/mol. The molecule has 8 nitrogen and oxygen atoms in total. The Labute approximate surface area is 223 Å². The third-order valence-corrected chi connectivity index (χ3v) is 8.00. The van der Waals surface area contributed by atoms with E-state index in [2.05, 4.69) is 0 Å². The maximum absolute atomic E-state index is 13.6. The van der Waals surface area contributed by atoms with Gasteiger partial charge < -0.3 is 19.1 Å². The topological polar surface area (TPSA) is 85.4 Å². The number of likely N-dealkylation sites (N-methyl/N-ethyl adjacent to an activating group) is 1. The zero-order valence-corrected chi connectivity index (χ0v) is 23.1. The minimum atomic E-state index is -3.99. The highest BCUT2D eigenvalue weighted by Gasteiger charge is 2.28. The SMILES string of the molecule is COc1cc(CN(C)C(=O)CN(Cc2ccccc2C)S(=O)(=O)c2ccc(Cl)cc2)cc(OC)c1OC. The summed E-state index contributed by atoms with van der Waals surface area (Å²) < 4.78 is 44.5. The molecule has 37 heavy (non-hydrogen) atoms. The van der Waals surface area contributed by atoms with Gasteiger partial charge in [0.05, 0.1) is 32.8 Å². The molecular formula is C27H31ClN2O6S. The summed E-state index contributed by atoms with van der Waals surface area (Å²) in [6.45, 7) is 1.80. The van der Waals surface area contributed by atoms with E-state index < -0.39 is 10.0 Å². The van der Waals surface area contributed by atoms with Crippen LogP contribution in [0.2, 0.25) is 5.02 Å². The van der Waals surface area contributed by atoms with Crippen molar-refractivity contribution in [1.82, 2.24) is 9.21 Å². The Bertz CT molecular complexity index is 1320. The molecule has 0 aliphatic carbocycles. The molecule has 3 rings (SSSR count). The molecule has 0 bridgehead atoms. The number of hydrogen-bond donors (Lipinski definition) is 0. The third-order valence-electron chi connectivity index (χ3n) is 5.94. The van der Waals surface area contributed by atoms with Crippen molar-refractivity contribution in [2.24, 2.45) is 0 Å². The first kappa shape index (κ1) is 28.3. The number of aryl methyl sites for hydroxylation is 1. The molecule has 0 N–H and O–H groups in total. The van der Waals surface area contributed by atoms with Crippen LogP contribution in [0.4, 0.5) is 0 Å². The number of nitrogens with zero attached hydrogens (tertiary/aromatic N) is 2. The minimum absolute atomic E-state index is 0.0431. The largest absolute Gasteiger partial charge is 0.493 e.